The number of carbonyl (C=O) groups is 2. The van der Waals surface area contributed by atoms with E-state index in [1.165, 1.54) is 12.1 Å². The minimum absolute atomic E-state index is 0.00422. The molecule has 1 unspecified atom stereocenters. The summed E-state index contributed by atoms with van der Waals surface area (Å²) in [5.74, 6) is 0.714. The van der Waals surface area contributed by atoms with Crippen LogP contribution in [0.25, 0.3) is 0 Å². The molecule has 25 heavy (non-hydrogen) atoms. The van der Waals surface area contributed by atoms with Crippen LogP contribution in [0.5, 0.6) is 11.5 Å². The van der Waals surface area contributed by atoms with Crippen molar-refractivity contribution in [3.8, 4) is 11.5 Å². The molecule has 1 aromatic rings. The highest BCUT2D eigenvalue weighted by Gasteiger charge is 2.26. The monoisotopic (exact) mass is 370 g/mol. The number of nitrogens with one attached hydrogen (secondary N) is 1. The second kappa shape index (κ2) is 9.36. The number of halogens is 1. The summed E-state index contributed by atoms with van der Waals surface area (Å²) in [5, 5.41) is 12.2. The van der Waals surface area contributed by atoms with Crippen LogP contribution in [0, 0.1) is 0 Å². The smallest absolute Gasteiger partial charge is 0.409 e. The number of likely N-dealkylation sites (tertiary alicyclic amines) is 1. The van der Waals surface area contributed by atoms with Crippen LogP contribution in [-0.4, -0.2) is 59.7 Å². The van der Waals surface area contributed by atoms with Gasteiger partial charge in [-0.3, -0.25) is 4.79 Å². The number of ether oxygens (including phenoxy) is 2. The van der Waals surface area contributed by atoms with Gasteiger partial charge in [0.25, 0.3) is 5.91 Å². The molecule has 1 aliphatic heterocycles. The van der Waals surface area contributed by atoms with Crippen LogP contribution < -0.4 is 10.1 Å². The van der Waals surface area contributed by atoms with E-state index in [-0.39, 0.29) is 36.3 Å². The Kier molecular flexibility index (Phi) is 7.18. The van der Waals surface area contributed by atoms with Crippen molar-refractivity contribution >= 4 is 23.6 Å². The molecule has 0 bridgehead atoms. The number of nitrogens with zero attached hydrogens (tertiary/aromatic N) is 1. The predicted molar refractivity (Wildman–Crippen MR) is 93.0 cm³/mol. The molecule has 138 valence electrons. The number of phenols is 1. The molecule has 1 atom stereocenters. The number of piperidine rings is 1. The maximum Gasteiger partial charge on any atom is 0.409 e. The van der Waals surface area contributed by atoms with Crippen LogP contribution in [-0.2, 0) is 9.53 Å². The molecule has 8 heteroatoms. The summed E-state index contributed by atoms with van der Waals surface area (Å²) in [7, 11) is 0. The third-order valence-electron chi connectivity index (χ3n) is 3.92. The second-order valence-corrected chi connectivity index (χ2v) is 6.21. The Hall–Kier alpha value is -2.15. The van der Waals surface area contributed by atoms with Crippen LogP contribution >= 0.6 is 11.6 Å². The van der Waals surface area contributed by atoms with Gasteiger partial charge in [0.05, 0.1) is 5.88 Å². The van der Waals surface area contributed by atoms with E-state index in [2.05, 4.69) is 5.32 Å². The van der Waals surface area contributed by atoms with Gasteiger partial charge in [-0.1, -0.05) is 0 Å². The van der Waals surface area contributed by atoms with E-state index in [1.54, 1.807) is 24.0 Å². The first-order chi connectivity index (χ1) is 12.0. The highest BCUT2D eigenvalue weighted by molar-refractivity contribution is 6.18. The summed E-state index contributed by atoms with van der Waals surface area (Å²) >= 11 is 5.49. The number of benzene rings is 1. The van der Waals surface area contributed by atoms with Crippen molar-refractivity contribution in [2.75, 3.05) is 25.6 Å². The zero-order valence-electron chi connectivity index (χ0n) is 14.1. The Labute approximate surface area is 151 Å². The second-order valence-electron chi connectivity index (χ2n) is 5.83. The van der Waals surface area contributed by atoms with Crippen molar-refractivity contribution in [3.05, 3.63) is 24.3 Å². The van der Waals surface area contributed by atoms with Gasteiger partial charge < -0.3 is 24.8 Å². The number of alkyl halides is 1. The van der Waals surface area contributed by atoms with E-state index in [9.17, 15) is 14.7 Å². The van der Waals surface area contributed by atoms with Crippen molar-refractivity contribution in [2.24, 2.45) is 0 Å². The molecule has 0 radical (unpaired) electrons. The van der Waals surface area contributed by atoms with Gasteiger partial charge >= 0.3 is 6.09 Å². The molecule has 2 N–H and O–H groups in total. The quantitative estimate of drug-likeness (QED) is 0.749. The fraction of sp³-hybridized carbons (Fsp3) is 0.529. The molecule has 7 nitrogen and oxygen atoms in total. The highest BCUT2D eigenvalue weighted by Crippen LogP contribution is 2.17. The minimum atomic E-state index is -0.656. The molecule has 0 aromatic heterocycles. The van der Waals surface area contributed by atoms with Crippen molar-refractivity contribution in [1.82, 2.24) is 10.2 Å². The van der Waals surface area contributed by atoms with Crippen molar-refractivity contribution in [1.29, 1.82) is 0 Å². The first-order valence-corrected chi connectivity index (χ1v) is 8.76. The summed E-state index contributed by atoms with van der Waals surface area (Å²) in [6.07, 6.45) is 0.298. The minimum Gasteiger partial charge on any atom is -0.508 e. The van der Waals surface area contributed by atoms with Gasteiger partial charge in [0.15, 0.2) is 6.10 Å². The molecule has 2 rings (SSSR count). The third-order valence-corrected chi connectivity index (χ3v) is 4.08. The maximum atomic E-state index is 12.2. The van der Waals surface area contributed by atoms with E-state index in [1.807, 2.05) is 0 Å². The number of hydrogen-bond donors (Lipinski definition) is 2. The third kappa shape index (κ3) is 6.01. The fourth-order valence-electron chi connectivity index (χ4n) is 2.52. The zero-order chi connectivity index (χ0) is 18.2. The van der Waals surface area contributed by atoms with Crippen LogP contribution in [0.4, 0.5) is 4.79 Å². The van der Waals surface area contributed by atoms with Gasteiger partial charge in [0.1, 0.15) is 18.1 Å². The Morgan fingerprint density at radius 3 is 2.56 bits per heavy atom. The first kappa shape index (κ1) is 19.2. The van der Waals surface area contributed by atoms with Crippen molar-refractivity contribution < 1.29 is 24.2 Å². The van der Waals surface area contributed by atoms with Crippen LogP contribution in [0.2, 0.25) is 0 Å². The summed E-state index contributed by atoms with van der Waals surface area (Å²) in [6, 6.07) is 6.20. The first-order valence-electron chi connectivity index (χ1n) is 8.23. The maximum absolute atomic E-state index is 12.2. The Morgan fingerprint density at radius 1 is 1.32 bits per heavy atom. The van der Waals surface area contributed by atoms with Gasteiger partial charge in [0, 0.05) is 19.1 Å². The highest BCUT2D eigenvalue weighted by atomic mass is 35.5. The van der Waals surface area contributed by atoms with E-state index in [0.717, 1.165) is 0 Å². The van der Waals surface area contributed by atoms with Gasteiger partial charge in [-0.15, -0.1) is 11.6 Å². The van der Waals surface area contributed by atoms with Gasteiger partial charge in [0.2, 0.25) is 0 Å². The SMILES string of the molecule is CC(Oc1ccc(O)cc1)C(=O)NC1CCN(C(=O)OCCCl)CC1. The lowest BCUT2D eigenvalue weighted by Gasteiger charge is -2.32. The summed E-state index contributed by atoms with van der Waals surface area (Å²) in [5.41, 5.74) is 0. The molecule has 0 aliphatic carbocycles. The molecule has 0 saturated carbocycles. The van der Waals surface area contributed by atoms with Crippen LogP contribution in [0.15, 0.2) is 24.3 Å². The number of amides is 2. The van der Waals surface area contributed by atoms with Gasteiger partial charge in [-0.25, -0.2) is 4.79 Å². The topological polar surface area (TPSA) is 88.1 Å². The number of phenolic OH excluding ortho intramolecular Hbond substituents is 1. The van der Waals surface area contributed by atoms with E-state index >= 15 is 0 Å². The molecular formula is C17H23ClN2O5. The zero-order valence-corrected chi connectivity index (χ0v) is 14.9. The molecule has 1 heterocycles. The Bertz CT molecular complexity index is 573. The lowest BCUT2D eigenvalue weighted by atomic mass is 10.1. The average molecular weight is 371 g/mol. The lowest BCUT2D eigenvalue weighted by Crippen LogP contribution is -2.49. The summed E-state index contributed by atoms with van der Waals surface area (Å²) in [6.45, 7) is 2.92. The molecule has 0 spiro atoms. The van der Waals surface area contributed by atoms with Gasteiger partial charge in [-0.2, -0.15) is 0 Å². The molecule has 1 aliphatic rings. The van der Waals surface area contributed by atoms with E-state index in [0.29, 0.717) is 31.7 Å². The number of aromatic hydroxyl groups is 1. The van der Waals surface area contributed by atoms with Crippen LogP contribution in [0.1, 0.15) is 19.8 Å². The van der Waals surface area contributed by atoms with Crippen molar-refractivity contribution in [3.63, 3.8) is 0 Å². The Morgan fingerprint density at radius 2 is 1.96 bits per heavy atom. The molecular weight excluding hydrogens is 348 g/mol. The summed E-state index contributed by atoms with van der Waals surface area (Å²) < 4.78 is 10.5. The number of rotatable bonds is 6. The fourth-order valence-corrected chi connectivity index (χ4v) is 2.60. The lowest BCUT2D eigenvalue weighted by molar-refractivity contribution is -0.128. The van der Waals surface area contributed by atoms with E-state index < -0.39 is 6.10 Å². The van der Waals surface area contributed by atoms with Crippen molar-refractivity contribution in [2.45, 2.75) is 31.9 Å². The molecule has 1 fully saturated rings. The average Bonchev–Trinajstić information content (AvgIpc) is 2.62. The normalized spacial score (nSPS) is 16.2. The number of hydrogen-bond acceptors (Lipinski definition) is 5. The van der Waals surface area contributed by atoms with Crippen LogP contribution in [0.3, 0.4) is 0 Å². The molecule has 2 amide bonds. The Balaban J connectivity index is 1.74. The molecule has 1 aromatic carbocycles. The van der Waals surface area contributed by atoms with Gasteiger partial charge in [-0.05, 0) is 44.0 Å². The largest absolute Gasteiger partial charge is 0.508 e. The number of carbonyl (C=O) groups excluding carboxylic acids is 2. The standard InChI is InChI=1S/C17H23ClN2O5/c1-12(25-15-4-2-14(21)3-5-15)16(22)19-13-6-9-20(10-7-13)17(23)24-11-8-18/h2-5,12-13,21H,6-11H2,1H3,(H,19,22). The molecule has 1 saturated heterocycles. The van der Waals surface area contributed by atoms with E-state index in [4.69, 9.17) is 21.1 Å². The predicted octanol–water partition coefficient (Wildman–Crippen LogP) is 2.12. The summed E-state index contributed by atoms with van der Waals surface area (Å²) in [4.78, 5) is 25.6.